The predicted octanol–water partition coefficient (Wildman–Crippen LogP) is 2.30. The molecule has 0 aliphatic carbocycles. The van der Waals surface area contributed by atoms with Gasteiger partial charge in [0.1, 0.15) is 12.4 Å². The third-order valence-electron chi connectivity index (χ3n) is 2.80. The molecule has 1 fully saturated rings. The van der Waals surface area contributed by atoms with Crippen LogP contribution < -0.4 is 4.74 Å². The minimum absolute atomic E-state index is 0.232. The molecule has 0 aromatic heterocycles. The summed E-state index contributed by atoms with van der Waals surface area (Å²) in [5.74, 6) is 0.800. The molecule has 16 heavy (non-hydrogen) atoms. The van der Waals surface area contributed by atoms with Gasteiger partial charge in [0, 0.05) is 6.61 Å². The first-order valence-electron chi connectivity index (χ1n) is 5.78. The number of aliphatic hydroxyl groups excluding tert-OH is 1. The quantitative estimate of drug-likeness (QED) is 0.849. The Morgan fingerprint density at radius 1 is 1.56 bits per heavy atom. The van der Waals surface area contributed by atoms with Gasteiger partial charge in [-0.25, -0.2) is 0 Å². The van der Waals surface area contributed by atoms with Crippen LogP contribution in [0.5, 0.6) is 5.75 Å². The summed E-state index contributed by atoms with van der Waals surface area (Å²) >= 11 is 0. The normalized spacial score (nSPS) is 22.0. The second kappa shape index (κ2) is 5.32. The molecular formula is C13H18O3. The van der Waals surface area contributed by atoms with Crippen molar-refractivity contribution in [3.05, 3.63) is 29.8 Å². The first-order chi connectivity index (χ1) is 7.75. The molecule has 1 aliphatic rings. The SMILES string of the molecule is C[C@@H](O)c1cccc(OCC2CCCO2)c1. The van der Waals surface area contributed by atoms with Gasteiger partial charge in [0.25, 0.3) is 0 Å². The van der Waals surface area contributed by atoms with Gasteiger partial charge in [-0.15, -0.1) is 0 Å². The van der Waals surface area contributed by atoms with Gasteiger partial charge in [0.05, 0.1) is 12.2 Å². The fraction of sp³-hybridized carbons (Fsp3) is 0.538. The van der Waals surface area contributed by atoms with E-state index in [0.717, 1.165) is 30.8 Å². The number of hydrogen-bond donors (Lipinski definition) is 1. The Labute approximate surface area is 96.0 Å². The van der Waals surface area contributed by atoms with E-state index in [-0.39, 0.29) is 6.10 Å². The molecule has 0 spiro atoms. The van der Waals surface area contributed by atoms with Crippen molar-refractivity contribution in [1.82, 2.24) is 0 Å². The molecular weight excluding hydrogens is 204 g/mol. The van der Waals surface area contributed by atoms with Crippen molar-refractivity contribution in [2.24, 2.45) is 0 Å². The van der Waals surface area contributed by atoms with Crippen LogP contribution in [0, 0.1) is 0 Å². The Balaban J connectivity index is 1.90. The van der Waals surface area contributed by atoms with Crippen LogP contribution in [0.2, 0.25) is 0 Å². The maximum atomic E-state index is 9.45. The number of hydrogen-bond acceptors (Lipinski definition) is 3. The number of benzene rings is 1. The third-order valence-corrected chi connectivity index (χ3v) is 2.80. The Bertz CT molecular complexity index is 330. The molecule has 1 aliphatic heterocycles. The van der Waals surface area contributed by atoms with Gasteiger partial charge in [0.2, 0.25) is 0 Å². The van der Waals surface area contributed by atoms with Crippen molar-refractivity contribution >= 4 is 0 Å². The van der Waals surface area contributed by atoms with E-state index in [0.29, 0.717) is 6.61 Å². The van der Waals surface area contributed by atoms with Crippen molar-refractivity contribution in [2.75, 3.05) is 13.2 Å². The number of ether oxygens (including phenoxy) is 2. The molecule has 0 bridgehead atoms. The van der Waals surface area contributed by atoms with Gasteiger partial charge in [0.15, 0.2) is 0 Å². The lowest BCUT2D eigenvalue weighted by molar-refractivity contribution is 0.0678. The molecule has 0 saturated carbocycles. The molecule has 3 nitrogen and oxygen atoms in total. The zero-order chi connectivity index (χ0) is 11.4. The average molecular weight is 222 g/mol. The lowest BCUT2D eigenvalue weighted by Crippen LogP contribution is -2.16. The monoisotopic (exact) mass is 222 g/mol. The number of aliphatic hydroxyl groups is 1. The minimum atomic E-state index is -0.453. The van der Waals surface area contributed by atoms with Crippen molar-refractivity contribution in [1.29, 1.82) is 0 Å². The second-order valence-corrected chi connectivity index (χ2v) is 4.19. The second-order valence-electron chi connectivity index (χ2n) is 4.19. The summed E-state index contributed by atoms with van der Waals surface area (Å²) in [4.78, 5) is 0. The highest BCUT2D eigenvalue weighted by atomic mass is 16.5. The topological polar surface area (TPSA) is 38.7 Å². The van der Waals surface area contributed by atoms with Gasteiger partial charge in [-0.05, 0) is 37.5 Å². The Morgan fingerprint density at radius 2 is 2.44 bits per heavy atom. The highest BCUT2D eigenvalue weighted by molar-refractivity contribution is 5.29. The predicted molar refractivity (Wildman–Crippen MR) is 61.5 cm³/mol. The van der Waals surface area contributed by atoms with Crippen molar-refractivity contribution in [3.8, 4) is 5.75 Å². The smallest absolute Gasteiger partial charge is 0.119 e. The largest absolute Gasteiger partial charge is 0.491 e. The van der Waals surface area contributed by atoms with Crippen LogP contribution in [0.25, 0.3) is 0 Å². The molecule has 1 heterocycles. The Kier molecular flexibility index (Phi) is 3.80. The summed E-state index contributed by atoms with van der Waals surface area (Å²) in [6, 6.07) is 7.57. The van der Waals surface area contributed by atoms with Crippen molar-refractivity contribution in [3.63, 3.8) is 0 Å². The van der Waals surface area contributed by atoms with E-state index in [2.05, 4.69) is 0 Å². The van der Waals surface area contributed by atoms with E-state index in [1.54, 1.807) is 6.92 Å². The Hall–Kier alpha value is -1.06. The van der Waals surface area contributed by atoms with Gasteiger partial charge in [-0.1, -0.05) is 12.1 Å². The summed E-state index contributed by atoms with van der Waals surface area (Å²) in [6.45, 7) is 3.20. The van der Waals surface area contributed by atoms with Crippen LogP contribution in [0.4, 0.5) is 0 Å². The molecule has 1 aromatic rings. The molecule has 0 radical (unpaired) electrons. The zero-order valence-electron chi connectivity index (χ0n) is 9.56. The molecule has 2 rings (SSSR count). The van der Waals surface area contributed by atoms with E-state index in [9.17, 15) is 5.11 Å². The van der Waals surface area contributed by atoms with Crippen LogP contribution in [0.3, 0.4) is 0 Å². The fourth-order valence-corrected chi connectivity index (χ4v) is 1.83. The first-order valence-corrected chi connectivity index (χ1v) is 5.78. The lowest BCUT2D eigenvalue weighted by Gasteiger charge is -2.12. The molecule has 0 amide bonds. The fourth-order valence-electron chi connectivity index (χ4n) is 1.83. The van der Waals surface area contributed by atoms with Gasteiger partial charge in [-0.3, -0.25) is 0 Å². The third kappa shape index (κ3) is 2.97. The van der Waals surface area contributed by atoms with Crippen LogP contribution >= 0.6 is 0 Å². The molecule has 1 unspecified atom stereocenters. The summed E-state index contributed by atoms with van der Waals surface area (Å²) in [6.07, 6.45) is 1.99. The zero-order valence-corrected chi connectivity index (χ0v) is 9.56. The summed E-state index contributed by atoms with van der Waals surface area (Å²) < 4.78 is 11.1. The van der Waals surface area contributed by atoms with Gasteiger partial charge < -0.3 is 14.6 Å². The van der Waals surface area contributed by atoms with Crippen molar-refractivity contribution < 1.29 is 14.6 Å². The summed E-state index contributed by atoms with van der Waals surface area (Å²) in [7, 11) is 0. The number of rotatable bonds is 4. The molecule has 1 aromatic carbocycles. The first kappa shape index (κ1) is 11.4. The van der Waals surface area contributed by atoms with E-state index in [1.807, 2.05) is 24.3 Å². The molecule has 88 valence electrons. The molecule has 3 heteroatoms. The van der Waals surface area contributed by atoms with E-state index in [1.165, 1.54) is 0 Å². The lowest BCUT2D eigenvalue weighted by atomic mass is 10.1. The van der Waals surface area contributed by atoms with E-state index in [4.69, 9.17) is 9.47 Å². The van der Waals surface area contributed by atoms with Crippen LogP contribution in [0.1, 0.15) is 31.4 Å². The summed E-state index contributed by atoms with van der Waals surface area (Å²) in [5.41, 5.74) is 0.879. The average Bonchev–Trinajstić information content (AvgIpc) is 2.79. The van der Waals surface area contributed by atoms with Crippen LogP contribution in [-0.4, -0.2) is 24.4 Å². The minimum Gasteiger partial charge on any atom is -0.491 e. The van der Waals surface area contributed by atoms with Gasteiger partial charge >= 0.3 is 0 Å². The van der Waals surface area contributed by atoms with Crippen LogP contribution in [-0.2, 0) is 4.74 Å². The van der Waals surface area contributed by atoms with E-state index < -0.39 is 6.10 Å². The van der Waals surface area contributed by atoms with E-state index >= 15 is 0 Å². The Morgan fingerprint density at radius 3 is 3.12 bits per heavy atom. The molecule has 1 N–H and O–H groups in total. The summed E-state index contributed by atoms with van der Waals surface area (Å²) in [5, 5.41) is 9.45. The van der Waals surface area contributed by atoms with Crippen molar-refractivity contribution in [2.45, 2.75) is 32.0 Å². The molecule has 2 atom stereocenters. The molecule has 1 saturated heterocycles. The standard InChI is InChI=1S/C13H18O3/c1-10(14)11-4-2-5-12(8-11)16-9-13-6-3-7-15-13/h2,4-5,8,10,13-14H,3,6-7,9H2,1H3/t10-,13?/m1/s1. The maximum absolute atomic E-state index is 9.45. The maximum Gasteiger partial charge on any atom is 0.119 e. The van der Waals surface area contributed by atoms with Gasteiger partial charge in [-0.2, -0.15) is 0 Å². The highest BCUT2D eigenvalue weighted by Gasteiger charge is 2.16. The van der Waals surface area contributed by atoms with Crippen LogP contribution in [0.15, 0.2) is 24.3 Å². The highest BCUT2D eigenvalue weighted by Crippen LogP contribution is 2.20.